The third-order valence-electron chi connectivity index (χ3n) is 5.20. The molecule has 1 aromatic carbocycles. The van der Waals surface area contributed by atoms with E-state index >= 15 is 0 Å². The van der Waals surface area contributed by atoms with Gasteiger partial charge in [0.25, 0.3) is 0 Å². The van der Waals surface area contributed by atoms with Crippen molar-refractivity contribution in [3.05, 3.63) is 68.3 Å². The van der Waals surface area contributed by atoms with Gasteiger partial charge in [0.15, 0.2) is 0 Å². The number of benzene rings is 1. The van der Waals surface area contributed by atoms with E-state index in [0.717, 1.165) is 58.9 Å². The van der Waals surface area contributed by atoms with Crippen LogP contribution in [0.3, 0.4) is 0 Å². The summed E-state index contributed by atoms with van der Waals surface area (Å²) in [6.45, 7) is 4.02. The molecule has 1 aliphatic carbocycles. The fourth-order valence-corrected chi connectivity index (χ4v) is 5.54. The van der Waals surface area contributed by atoms with Crippen LogP contribution in [-0.2, 0) is 12.8 Å². The summed E-state index contributed by atoms with van der Waals surface area (Å²) in [5.41, 5.74) is 5.26. The Balaban J connectivity index is 1.78. The van der Waals surface area contributed by atoms with E-state index < -0.39 is 5.97 Å². The zero-order valence-corrected chi connectivity index (χ0v) is 17.4. The number of carbonyl (C=O) groups is 1. The number of aromatic nitrogens is 1. The highest BCUT2D eigenvalue weighted by atomic mass is 35.5. The van der Waals surface area contributed by atoms with Gasteiger partial charge >= 0.3 is 5.97 Å². The number of rotatable bonds is 4. The summed E-state index contributed by atoms with van der Waals surface area (Å²) in [4.78, 5) is 17.8. The van der Waals surface area contributed by atoms with Gasteiger partial charge in [-0.1, -0.05) is 17.7 Å². The van der Waals surface area contributed by atoms with Crippen molar-refractivity contribution in [1.29, 1.82) is 0 Å². The Bertz CT molecular complexity index is 1090. The number of hydrogen-bond acceptors (Lipinski definition) is 3. The lowest BCUT2D eigenvalue weighted by Gasteiger charge is -2.11. The normalized spacial score (nSPS) is 13.8. The third-order valence-corrected chi connectivity index (χ3v) is 6.71. The van der Waals surface area contributed by atoms with Crippen LogP contribution in [0.1, 0.15) is 50.6 Å². The number of aryl methyl sites for hydroxylation is 2. The molecule has 0 fully saturated rings. The molecule has 0 saturated heterocycles. The van der Waals surface area contributed by atoms with E-state index in [1.807, 2.05) is 50.4 Å². The summed E-state index contributed by atoms with van der Waals surface area (Å²) in [5.74, 6) is -0.837. The Kier molecular flexibility index (Phi) is 5.13. The molecular weight excluding hydrogens is 392 g/mol. The fraction of sp³-hybridized carbons (Fsp3) is 0.273. The highest BCUT2D eigenvalue weighted by molar-refractivity contribution is 7.15. The van der Waals surface area contributed by atoms with Crippen molar-refractivity contribution in [3.8, 4) is 5.00 Å². The van der Waals surface area contributed by atoms with E-state index in [9.17, 15) is 9.90 Å². The molecule has 1 N–H and O–H groups in total. The molecule has 0 amide bonds. The molecule has 6 heteroatoms. The number of aliphatic imine (C=N–C) groups is 1. The van der Waals surface area contributed by atoms with Gasteiger partial charge in [-0.15, -0.1) is 11.3 Å². The van der Waals surface area contributed by atoms with Crippen molar-refractivity contribution in [2.45, 2.75) is 39.5 Å². The lowest BCUT2D eigenvalue weighted by molar-refractivity contribution is 0.0696. The van der Waals surface area contributed by atoms with Gasteiger partial charge in [0.2, 0.25) is 0 Å². The predicted molar refractivity (Wildman–Crippen MR) is 115 cm³/mol. The van der Waals surface area contributed by atoms with E-state index in [1.54, 1.807) is 11.3 Å². The smallest absolute Gasteiger partial charge is 0.339 e. The molecule has 144 valence electrons. The van der Waals surface area contributed by atoms with E-state index in [2.05, 4.69) is 9.56 Å². The number of carboxylic acids is 1. The summed E-state index contributed by atoms with van der Waals surface area (Å²) in [5, 5.41) is 11.4. The van der Waals surface area contributed by atoms with Crippen LogP contribution in [-0.4, -0.2) is 21.9 Å². The summed E-state index contributed by atoms with van der Waals surface area (Å²) in [7, 11) is 0. The Hall–Kier alpha value is -2.37. The van der Waals surface area contributed by atoms with Crippen LogP contribution in [0.2, 0.25) is 5.02 Å². The van der Waals surface area contributed by atoms with Gasteiger partial charge in [-0.05, 0) is 69.4 Å². The predicted octanol–water partition coefficient (Wildman–Crippen LogP) is 6.14. The Morgan fingerprint density at radius 1 is 1.25 bits per heavy atom. The largest absolute Gasteiger partial charge is 0.478 e. The number of aromatic carboxylic acids is 1. The Morgan fingerprint density at radius 2 is 2.04 bits per heavy atom. The average Bonchev–Trinajstić information content (AvgIpc) is 3.16. The number of halogens is 1. The Labute approximate surface area is 173 Å². The monoisotopic (exact) mass is 412 g/mol. The first kappa shape index (κ1) is 19.0. The van der Waals surface area contributed by atoms with Gasteiger partial charge in [0, 0.05) is 33.1 Å². The minimum absolute atomic E-state index is 0.472. The van der Waals surface area contributed by atoms with E-state index in [1.165, 1.54) is 4.88 Å². The van der Waals surface area contributed by atoms with Gasteiger partial charge in [0.05, 0.1) is 11.3 Å². The van der Waals surface area contributed by atoms with Crippen molar-refractivity contribution in [2.24, 2.45) is 4.99 Å². The van der Waals surface area contributed by atoms with Crippen molar-refractivity contribution in [2.75, 3.05) is 0 Å². The van der Waals surface area contributed by atoms with Gasteiger partial charge in [0.1, 0.15) is 5.00 Å². The second-order valence-electron chi connectivity index (χ2n) is 7.10. The zero-order valence-electron chi connectivity index (χ0n) is 15.8. The van der Waals surface area contributed by atoms with E-state index in [4.69, 9.17) is 11.6 Å². The molecule has 0 bridgehead atoms. The summed E-state index contributed by atoms with van der Waals surface area (Å²) < 4.78 is 2.06. The highest BCUT2D eigenvalue weighted by Crippen LogP contribution is 2.38. The molecule has 0 aliphatic heterocycles. The van der Waals surface area contributed by atoms with Gasteiger partial charge < -0.3 is 9.67 Å². The van der Waals surface area contributed by atoms with Crippen molar-refractivity contribution >= 4 is 40.8 Å². The van der Waals surface area contributed by atoms with Gasteiger partial charge in [-0.2, -0.15) is 0 Å². The quantitative estimate of drug-likeness (QED) is 0.523. The number of carboxylic acid groups (broad SMARTS) is 1. The number of thiophene rings is 1. The van der Waals surface area contributed by atoms with Crippen LogP contribution in [0, 0.1) is 13.8 Å². The first-order valence-corrected chi connectivity index (χ1v) is 10.5. The molecule has 4 nitrogen and oxygen atoms in total. The van der Waals surface area contributed by atoms with Gasteiger partial charge in [-0.3, -0.25) is 4.99 Å². The molecule has 0 radical (unpaired) electrons. The fourth-order valence-electron chi connectivity index (χ4n) is 3.86. The Morgan fingerprint density at radius 3 is 2.79 bits per heavy atom. The second-order valence-corrected chi connectivity index (χ2v) is 8.62. The second kappa shape index (κ2) is 7.57. The molecule has 2 heterocycles. The zero-order chi connectivity index (χ0) is 19.8. The minimum Gasteiger partial charge on any atom is -0.478 e. The summed E-state index contributed by atoms with van der Waals surface area (Å²) >= 11 is 7.65. The SMILES string of the molecule is Cc1cc(C=Nc2cccc(Cl)c2)c(C)n1-c1sc2c(c1C(=O)O)CCCC2. The highest BCUT2D eigenvalue weighted by Gasteiger charge is 2.27. The first-order valence-electron chi connectivity index (χ1n) is 9.32. The minimum atomic E-state index is -0.837. The van der Waals surface area contributed by atoms with Crippen LogP contribution in [0.4, 0.5) is 5.69 Å². The van der Waals surface area contributed by atoms with Crippen LogP contribution >= 0.6 is 22.9 Å². The molecule has 0 atom stereocenters. The van der Waals surface area contributed by atoms with Crippen molar-refractivity contribution in [3.63, 3.8) is 0 Å². The van der Waals surface area contributed by atoms with Crippen LogP contribution in [0.5, 0.6) is 0 Å². The molecule has 0 spiro atoms. The molecule has 3 aromatic rings. The van der Waals surface area contributed by atoms with Gasteiger partial charge in [-0.25, -0.2) is 4.79 Å². The molecular formula is C22H21ClN2O2S. The standard InChI is InChI=1S/C22H21ClN2O2S/c1-13-10-15(12-24-17-7-5-6-16(23)11-17)14(2)25(13)21-20(22(26)27)18-8-3-4-9-19(18)28-21/h5-7,10-12H,3-4,8-9H2,1-2H3,(H,26,27). The van der Waals surface area contributed by atoms with Crippen molar-refractivity contribution < 1.29 is 9.90 Å². The molecule has 2 aromatic heterocycles. The number of fused-ring (bicyclic) bond motifs is 1. The lowest BCUT2D eigenvalue weighted by atomic mass is 9.95. The molecule has 0 unspecified atom stereocenters. The van der Waals surface area contributed by atoms with Crippen LogP contribution < -0.4 is 0 Å². The molecule has 28 heavy (non-hydrogen) atoms. The van der Waals surface area contributed by atoms with Crippen LogP contribution in [0.15, 0.2) is 35.3 Å². The summed E-state index contributed by atoms with van der Waals surface area (Å²) in [6, 6.07) is 9.45. The third kappa shape index (κ3) is 3.40. The summed E-state index contributed by atoms with van der Waals surface area (Å²) in [6.07, 6.45) is 5.84. The number of hydrogen-bond donors (Lipinski definition) is 1. The topological polar surface area (TPSA) is 54.6 Å². The maximum atomic E-state index is 12.1. The first-order chi connectivity index (χ1) is 13.5. The molecule has 1 aliphatic rings. The van der Waals surface area contributed by atoms with Crippen LogP contribution in [0.25, 0.3) is 5.00 Å². The van der Waals surface area contributed by atoms with Crippen molar-refractivity contribution in [1.82, 2.24) is 4.57 Å². The maximum Gasteiger partial charge on any atom is 0.339 e. The van der Waals surface area contributed by atoms with E-state index in [0.29, 0.717) is 10.6 Å². The lowest BCUT2D eigenvalue weighted by Crippen LogP contribution is -2.09. The number of nitrogens with zero attached hydrogens (tertiary/aromatic N) is 2. The maximum absolute atomic E-state index is 12.1. The average molecular weight is 413 g/mol. The molecule has 4 rings (SSSR count). The molecule has 0 saturated carbocycles. The van der Waals surface area contributed by atoms with E-state index in [-0.39, 0.29) is 0 Å².